The fraction of sp³-hybridized carbons (Fsp3) is 0.300. The molecule has 3 rings (SSSR count). The van der Waals surface area contributed by atoms with Crippen molar-refractivity contribution in [3.63, 3.8) is 0 Å². The fourth-order valence-electron chi connectivity index (χ4n) is 2.64. The van der Waals surface area contributed by atoms with Gasteiger partial charge in [-0.25, -0.2) is 4.98 Å². The van der Waals surface area contributed by atoms with Crippen molar-refractivity contribution in [3.8, 4) is 5.75 Å². The average Bonchev–Trinajstić information content (AvgIpc) is 2.98. The molecule has 0 bridgehead atoms. The number of carbonyl (C=O) groups excluding carboxylic acids is 1. The lowest BCUT2D eigenvalue weighted by Crippen LogP contribution is -2.16. The van der Waals surface area contributed by atoms with Gasteiger partial charge in [0.05, 0.1) is 12.3 Å². The van der Waals surface area contributed by atoms with Crippen LogP contribution in [-0.4, -0.2) is 21.9 Å². The zero-order valence-corrected chi connectivity index (χ0v) is 16.7. The van der Waals surface area contributed by atoms with E-state index in [1.807, 2.05) is 53.9 Å². The lowest BCUT2D eigenvalue weighted by atomic mass is 10.2. The SMILES string of the molecule is CCc1nc2ccc(Br)cn2c1C(=O)Nc1ccc(OCC(C)C)cc1. The Kier molecular flexibility index (Phi) is 5.61. The quantitative estimate of drug-likeness (QED) is 0.619. The van der Waals surface area contributed by atoms with Gasteiger partial charge in [-0.2, -0.15) is 0 Å². The zero-order valence-electron chi connectivity index (χ0n) is 15.1. The van der Waals surface area contributed by atoms with E-state index >= 15 is 0 Å². The molecule has 6 heteroatoms. The number of hydrogen-bond donors (Lipinski definition) is 1. The lowest BCUT2D eigenvalue weighted by Gasteiger charge is -2.10. The maximum absolute atomic E-state index is 12.9. The Hall–Kier alpha value is -2.34. The second-order valence-electron chi connectivity index (χ2n) is 6.52. The van der Waals surface area contributed by atoms with E-state index < -0.39 is 0 Å². The van der Waals surface area contributed by atoms with Crippen LogP contribution in [0, 0.1) is 5.92 Å². The summed E-state index contributed by atoms with van der Waals surface area (Å²) < 4.78 is 8.39. The van der Waals surface area contributed by atoms with Crippen molar-refractivity contribution in [3.05, 3.63) is 58.5 Å². The standard InChI is InChI=1S/C20H22BrN3O2/c1-4-17-19(24-11-14(21)5-10-18(24)23-17)20(25)22-15-6-8-16(9-7-15)26-12-13(2)3/h5-11,13H,4,12H2,1-3H3,(H,22,25). The van der Waals surface area contributed by atoms with E-state index in [4.69, 9.17) is 4.74 Å². The number of pyridine rings is 1. The highest BCUT2D eigenvalue weighted by Crippen LogP contribution is 2.21. The van der Waals surface area contributed by atoms with Gasteiger partial charge in [-0.3, -0.25) is 9.20 Å². The van der Waals surface area contributed by atoms with E-state index in [0.29, 0.717) is 24.6 Å². The van der Waals surface area contributed by atoms with Crippen LogP contribution in [0.4, 0.5) is 5.69 Å². The maximum atomic E-state index is 12.9. The molecule has 1 aromatic carbocycles. The number of hydrogen-bond acceptors (Lipinski definition) is 3. The molecule has 0 atom stereocenters. The summed E-state index contributed by atoms with van der Waals surface area (Å²) in [6.07, 6.45) is 2.54. The van der Waals surface area contributed by atoms with Crippen LogP contribution in [0.25, 0.3) is 5.65 Å². The molecule has 0 fully saturated rings. The Morgan fingerprint density at radius 2 is 1.96 bits per heavy atom. The Labute approximate surface area is 161 Å². The van der Waals surface area contributed by atoms with E-state index in [9.17, 15) is 4.79 Å². The molecule has 0 saturated carbocycles. The van der Waals surface area contributed by atoms with E-state index in [2.05, 4.69) is 40.1 Å². The third-order valence-corrected chi connectivity index (χ3v) is 4.37. The first-order valence-electron chi connectivity index (χ1n) is 8.68. The molecule has 0 aliphatic rings. The number of carbonyl (C=O) groups is 1. The summed E-state index contributed by atoms with van der Waals surface area (Å²) >= 11 is 3.45. The van der Waals surface area contributed by atoms with Gasteiger partial charge in [-0.1, -0.05) is 20.8 Å². The van der Waals surface area contributed by atoms with E-state index in [1.54, 1.807) is 0 Å². The topological polar surface area (TPSA) is 55.6 Å². The molecule has 2 heterocycles. The van der Waals surface area contributed by atoms with Crippen LogP contribution in [0.5, 0.6) is 5.75 Å². The first kappa shape index (κ1) is 18.5. The zero-order chi connectivity index (χ0) is 18.7. The third-order valence-electron chi connectivity index (χ3n) is 3.90. The molecule has 136 valence electrons. The lowest BCUT2D eigenvalue weighted by molar-refractivity contribution is 0.102. The highest BCUT2D eigenvalue weighted by Gasteiger charge is 2.18. The fourth-order valence-corrected chi connectivity index (χ4v) is 2.98. The molecule has 1 amide bonds. The predicted molar refractivity (Wildman–Crippen MR) is 107 cm³/mol. The van der Waals surface area contributed by atoms with Crippen molar-refractivity contribution in [2.45, 2.75) is 27.2 Å². The number of benzene rings is 1. The number of rotatable bonds is 6. The molecular weight excluding hydrogens is 394 g/mol. The molecule has 0 aliphatic heterocycles. The van der Waals surface area contributed by atoms with Crippen molar-refractivity contribution in [2.75, 3.05) is 11.9 Å². The van der Waals surface area contributed by atoms with Gasteiger partial charge in [-0.15, -0.1) is 0 Å². The smallest absolute Gasteiger partial charge is 0.274 e. The monoisotopic (exact) mass is 415 g/mol. The molecule has 0 unspecified atom stereocenters. The first-order chi connectivity index (χ1) is 12.5. The first-order valence-corrected chi connectivity index (χ1v) is 9.48. The summed E-state index contributed by atoms with van der Waals surface area (Å²) in [5.41, 5.74) is 2.81. The number of imidazole rings is 1. The molecule has 0 aliphatic carbocycles. The van der Waals surface area contributed by atoms with Gasteiger partial charge in [0.2, 0.25) is 0 Å². The van der Waals surface area contributed by atoms with E-state index in [-0.39, 0.29) is 5.91 Å². The average molecular weight is 416 g/mol. The maximum Gasteiger partial charge on any atom is 0.274 e. The second-order valence-corrected chi connectivity index (χ2v) is 7.44. The van der Waals surface area contributed by atoms with Gasteiger partial charge in [0.15, 0.2) is 0 Å². The minimum absolute atomic E-state index is 0.178. The Bertz CT molecular complexity index is 917. The summed E-state index contributed by atoms with van der Waals surface area (Å²) in [7, 11) is 0. The van der Waals surface area contributed by atoms with Crippen LogP contribution in [0.3, 0.4) is 0 Å². The predicted octanol–water partition coefficient (Wildman–Crippen LogP) is 4.95. The molecule has 2 aromatic heterocycles. The number of nitrogens with zero attached hydrogens (tertiary/aromatic N) is 2. The summed E-state index contributed by atoms with van der Waals surface area (Å²) in [6.45, 7) is 6.87. The number of aromatic nitrogens is 2. The van der Waals surface area contributed by atoms with Gasteiger partial charge in [-0.05, 0) is 64.7 Å². The number of anilines is 1. The van der Waals surface area contributed by atoms with Crippen molar-refractivity contribution in [1.29, 1.82) is 0 Å². The minimum Gasteiger partial charge on any atom is -0.493 e. The van der Waals surface area contributed by atoms with Gasteiger partial charge < -0.3 is 10.1 Å². The summed E-state index contributed by atoms with van der Waals surface area (Å²) in [4.78, 5) is 17.4. The Morgan fingerprint density at radius 1 is 1.23 bits per heavy atom. The van der Waals surface area contributed by atoms with Crippen molar-refractivity contribution in [2.24, 2.45) is 5.92 Å². The summed E-state index contributed by atoms with van der Waals surface area (Å²) in [5, 5.41) is 2.95. The second kappa shape index (κ2) is 7.91. The number of halogens is 1. The van der Waals surface area contributed by atoms with Gasteiger partial charge >= 0.3 is 0 Å². The highest BCUT2D eigenvalue weighted by molar-refractivity contribution is 9.10. The summed E-state index contributed by atoms with van der Waals surface area (Å²) in [5.74, 6) is 1.09. The molecule has 0 radical (unpaired) electrons. The van der Waals surface area contributed by atoms with E-state index in [0.717, 1.165) is 27.3 Å². The van der Waals surface area contributed by atoms with Crippen LogP contribution in [-0.2, 0) is 6.42 Å². The van der Waals surface area contributed by atoms with Crippen LogP contribution < -0.4 is 10.1 Å². The normalized spacial score (nSPS) is 11.1. The largest absolute Gasteiger partial charge is 0.493 e. The molecule has 5 nitrogen and oxygen atoms in total. The number of amides is 1. The van der Waals surface area contributed by atoms with Crippen LogP contribution in [0.2, 0.25) is 0 Å². The summed E-state index contributed by atoms with van der Waals surface area (Å²) in [6, 6.07) is 11.2. The highest BCUT2D eigenvalue weighted by atomic mass is 79.9. The van der Waals surface area contributed by atoms with Crippen molar-refractivity contribution >= 4 is 33.2 Å². The molecule has 0 saturated heterocycles. The number of fused-ring (bicyclic) bond motifs is 1. The Morgan fingerprint density at radius 3 is 2.62 bits per heavy atom. The molecule has 26 heavy (non-hydrogen) atoms. The van der Waals surface area contributed by atoms with Crippen molar-refractivity contribution in [1.82, 2.24) is 9.38 Å². The van der Waals surface area contributed by atoms with E-state index in [1.165, 1.54) is 0 Å². The van der Waals surface area contributed by atoms with Crippen LogP contribution in [0.1, 0.15) is 37.0 Å². The van der Waals surface area contributed by atoms with Crippen LogP contribution in [0.15, 0.2) is 47.1 Å². The number of ether oxygens (including phenoxy) is 1. The molecule has 1 N–H and O–H groups in total. The van der Waals surface area contributed by atoms with Gasteiger partial charge in [0.1, 0.15) is 17.1 Å². The van der Waals surface area contributed by atoms with Crippen LogP contribution >= 0.6 is 15.9 Å². The van der Waals surface area contributed by atoms with Gasteiger partial charge in [0, 0.05) is 16.4 Å². The van der Waals surface area contributed by atoms with Crippen molar-refractivity contribution < 1.29 is 9.53 Å². The van der Waals surface area contributed by atoms with Gasteiger partial charge in [0.25, 0.3) is 5.91 Å². The number of nitrogens with one attached hydrogen (secondary N) is 1. The molecular formula is C20H22BrN3O2. The Balaban J connectivity index is 1.82. The number of aryl methyl sites for hydroxylation is 1. The third kappa shape index (κ3) is 4.07. The molecule has 3 aromatic rings. The molecule has 0 spiro atoms. The minimum atomic E-state index is -0.178.